The summed E-state index contributed by atoms with van der Waals surface area (Å²) in [7, 11) is -3.60. The van der Waals surface area contributed by atoms with Gasteiger partial charge in [0, 0.05) is 31.1 Å². The summed E-state index contributed by atoms with van der Waals surface area (Å²) in [4.78, 5) is 14.7. The van der Waals surface area contributed by atoms with Crippen LogP contribution in [0, 0.1) is 5.82 Å². The fourth-order valence-corrected chi connectivity index (χ4v) is 5.96. The van der Waals surface area contributed by atoms with Crippen molar-refractivity contribution in [3.63, 3.8) is 0 Å². The van der Waals surface area contributed by atoms with Crippen LogP contribution in [-0.2, 0) is 14.8 Å². The van der Waals surface area contributed by atoms with Gasteiger partial charge in [-0.3, -0.25) is 4.90 Å². The van der Waals surface area contributed by atoms with Crippen molar-refractivity contribution in [1.29, 1.82) is 0 Å². The number of rotatable bonds is 6. The van der Waals surface area contributed by atoms with Crippen LogP contribution in [0.1, 0.15) is 0 Å². The van der Waals surface area contributed by atoms with E-state index in [-0.39, 0.29) is 10.7 Å². The molecule has 1 unspecified atom stereocenters. The summed E-state index contributed by atoms with van der Waals surface area (Å²) in [6.07, 6.45) is 0.849. The molecule has 1 fully saturated rings. The quantitative estimate of drug-likeness (QED) is 0.430. The van der Waals surface area contributed by atoms with Crippen LogP contribution in [0.5, 0.6) is 0 Å². The maximum Gasteiger partial charge on any atom is 0.243 e. The molecule has 5 nitrogen and oxygen atoms in total. The monoisotopic (exact) mass is 444 g/mol. The standard InChI is InChI=1S/C22H21FN2O3S2/c23-19-6-8-20(9-7-19)29-22(16-26)24-11-13-25(14-12-24)30(27,28)21-10-5-17-3-1-2-4-18(17)15-21/h1-10,15-16,22H,11-14H2. The Morgan fingerprint density at radius 3 is 2.23 bits per heavy atom. The van der Waals surface area contributed by atoms with E-state index in [0.29, 0.717) is 26.2 Å². The van der Waals surface area contributed by atoms with Crippen molar-refractivity contribution in [2.45, 2.75) is 15.2 Å². The predicted molar refractivity (Wildman–Crippen MR) is 116 cm³/mol. The van der Waals surface area contributed by atoms with Crippen molar-refractivity contribution in [1.82, 2.24) is 9.21 Å². The number of fused-ring (bicyclic) bond motifs is 1. The summed E-state index contributed by atoms with van der Waals surface area (Å²) >= 11 is 1.33. The zero-order chi connectivity index (χ0) is 21.1. The lowest BCUT2D eigenvalue weighted by molar-refractivity contribution is -0.110. The number of benzene rings is 3. The molecule has 1 saturated heterocycles. The van der Waals surface area contributed by atoms with Crippen LogP contribution in [-0.4, -0.2) is 55.5 Å². The van der Waals surface area contributed by atoms with Crippen LogP contribution in [0.2, 0.25) is 0 Å². The highest BCUT2D eigenvalue weighted by Gasteiger charge is 2.31. The highest BCUT2D eigenvalue weighted by Crippen LogP contribution is 2.27. The number of sulfonamides is 1. The highest BCUT2D eigenvalue weighted by molar-refractivity contribution is 8.00. The van der Waals surface area contributed by atoms with E-state index < -0.39 is 15.4 Å². The predicted octanol–water partition coefficient (Wildman–Crippen LogP) is 3.60. The molecule has 0 N–H and O–H groups in total. The third-order valence-electron chi connectivity index (χ3n) is 5.18. The Labute approximate surface area is 179 Å². The fourth-order valence-electron chi connectivity index (χ4n) is 3.52. The molecule has 0 radical (unpaired) electrons. The molecule has 1 atom stereocenters. The normalized spacial score (nSPS) is 17.1. The largest absolute Gasteiger partial charge is 0.301 e. The van der Waals surface area contributed by atoms with Crippen LogP contribution in [0.25, 0.3) is 10.8 Å². The molecule has 0 amide bonds. The van der Waals surface area contributed by atoms with Crippen LogP contribution in [0.3, 0.4) is 0 Å². The minimum Gasteiger partial charge on any atom is -0.301 e. The molecular weight excluding hydrogens is 423 g/mol. The van der Waals surface area contributed by atoms with Gasteiger partial charge < -0.3 is 4.79 Å². The van der Waals surface area contributed by atoms with Gasteiger partial charge in [0.25, 0.3) is 0 Å². The lowest BCUT2D eigenvalue weighted by Gasteiger charge is -2.36. The number of halogens is 1. The van der Waals surface area contributed by atoms with Crippen molar-refractivity contribution >= 4 is 38.8 Å². The number of aldehydes is 1. The molecule has 1 aliphatic rings. The number of hydrogen-bond acceptors (Lipinski definition) is 5. The minimum absolute atomic E-state index is 0.280. The zero-order valence-electron chi connectivity index (χ0n) is 16.1. The van der Waals surface area contributed by atoms with Crippen molar-refractivity contribution in [2.75, 3.05) is 26.2 Å². The molecule has 0 aromatic heterocycles. The van der Waals surface area contributed by atoms with Crippen molar-refractivity contribution < 1.29 is 17.6 Å². The van der Waals surface area contributed by atoms with Gasteiger partial charge in [0.1, 0.15) is 17.5 Å². The van der Waals surface area contributed by atoms with E-state index in [1.165, 1.54) is 28.2 Å². The van der Waals surface area contributed by atoms with Crippen molar-refractivity contribution in [3.8, 4) is 0 Å². The fraction of sp³-hybridized carbons (Fsp3) is 0.227. The summed E-state index contributed by atoms with van der Waals surface area (Å²) in [6.45, 7) is 1.52. The third kappa shape index (κ3) is 4.41. The van der Waals surface area contributed by atoms with Gasteiger partial charge >= 0.3 is 0 Å². The average molecular weight is 445 g/mol. The molecule has 8 heteroatoms. The number of nitrogens with zero attached hydrogens (tertiary/aromatic N) is 2. The molecular formula is C22H21FN2O3S2. The number of carbonyl (C=O) groups excluding carboxylic acids is 1. The molecule has 4 rings (SSSR count). The van der Waals surface area contributed by atoms with Crippen molar-refractivity contribution in [3.05, 3.63) is 72.5 Å². The first-order valence-corrected chi connectivity index (χ1v) is 11.9. The SMILES string of the molecule is O=CC(Sc1ccc(F)cc1)N1CCN(S(=O)(=O)c2ccc3ccccc3c2)CC1. The Morgan fingerprint density at radius 2 is 1.57 bits per heavy atom. The Balaban J connectivity index is 1.44. The summed E-state index contributed by atoms with van der Waals surface area (Å²) in [5.74, 6) is -0.325. The van der Waals surface area contributed by atoms with E-state index in [4.69, 9.17) is 0 Å². The topological polar surface area (TPSA) is 57.7 Å². The zero-order valence-corrected chi connectivity index (χ0v) is 17.8. The van der Waals surface area contributed by atoms with Gasteiger partial charge in [-0.2, -0.15) is 4.31 Å². The van der Waals surface area contributed by atoms with Crippen molar-refractivity contribution in [2.24, 2.45) is 0 Å². The molecule has 1 heterocycles. The minimum atomic E-state index is -3.60. The second kappa shape index (κ2) is 8.85. The number of piperazine rings is 1. The first-order chi connectivity index (χ1) is 14.5. The lowest BCUT2D eigenvalue weighted by Crippen LogP contribution is -2.51. The number of carbonyl (C=O) groups is 1. The summed E-state index contributed by atoms with van der Waals surface area (Å²) < 4.78 is 40.8. The molecule has 30 heavy (non-hydrogen) atoms. The van der Waals surface area contributed by atoms with Gasteiger partial charge in [0.05, 0.1) is 4.90 Å². The third-order valence-corrected chi connectivity index (χ3v) is 8.27. The van der Waals surface area contributed by atoms with E-state index in [1.807, 2.05) is 35.2 Å². The Kier molecular flexibility index (Phi) is 6.19. The highest BCUT2D eigenvalue weighted by atomic mass is 32.2. The van der Waals surface area contributed by atoms with Crippen LogP contribution >= 0.6 is 11.8 Å². The first kappa shape index (κ1) is 21.0. The van der Waals surface area contributed by atoms with Gasteiger partial charge in [0.2, 0.25) is 10.0 Å². The molecule has 3 aromatic carbocycles. The smallest absolute Gasteiger partial charge is 0.243 e. The maximum absolute atomic E-state index is 13.1. The van der Waals surface area contributed by atoms with E-state index in [9.17, 15) is 17.6 Å². The molecule has 156 valence electrons. The second-order valence-electron chi connectivity index (χ2n) is 7.05. The second-order valence-corrected chi connectivity index (χ2v) is 10.2. The molecule has 1 aliphatic heterocycles. The molecule has 0 aliphatic carbocycles. The number of hydrogen-bond donors (Lipinski definition) is 0. The van der Waals surface area contributed by atoms with Gasteiger partial charge in [-0.25, -0.2) is 12.8 Å². The van der Waals surface area contributed by atoms with Gasteiger partial charge in [-0.1, -0.05) is 42.1 Å². The van der Waals surface area contributed by atoms with E-state index in [1.54, 1.807) is 24.3 Å². The maximum atomic E-state index is 13.1. The Hall–Kier alpha value is -2.26. The van der Waals surface area contributed by atoms with Crippen LogP contribution in [0.15, 0.2) is 76.5 Å². The number of thioether (sulfide) groups is 1. The van der Waals surface area contributed by atoms with Crippen LogP contribution < -0.4 is 0 Å². The van der Waals surface area contributed by atoms with Gasteiger partial charge in [-0.05, 0) is 47.2 Å². The van der Waals surface area contributed by atoms with E-state index in [2.05, 4.69) is 0 Å². The van der Waals surface area contributed by atoms with Gasteiger partial charge in [0.15, 0.2) is 0 Å². The Morgan fingerprint density at radius 1 is 0.900 bits per heavy atom. The average Bonchev–Trinajstić information content (AvgIpc) is 2.78. The Bertz CT molecular complexity index is 1140. The summed E-state index contributed by atoms with van der Waals surface area (Å²) in [5, 5.41) is 1.43. The lowest BCUT2D eigenvalue weighted by atomic mass is 10.1. The molecule has 0 saturated carbocycles. The van der Waals surface area contributed by atoms with Gasteiger partial charge in [-0.15, -0.1) is 0 Å². The molecule has 3 aromatic rings. The molecule has 0 bridgehead atoms. The first-order valence-electron chi connectivity index (χ1n) is 9.58. The van der Waals surface area contributed by atoms with E-state index in [0.717, 1.165) is 22.0 Å². The van der Waals surface area contributed by atoms with Crippen LogP contribution in [0.4, 0.5) is 4.39 Å². The molecule has 0 spiro atoms. The summed E-state index contributed by atoms with van der Waals surface area (Å²) in [5.41, 5.74) is 0. The summed E-state index contributed by atoms with van der Waals surface area (Å²) in [6, 6.07) is 18.8. The van der Waals surface area contributed by atoms with E-state index >= 15 is 0 Å².